The van der Waals surface area contributed by atoms with Gasteiger partial charge in [-0.3, -0.25) is 0 Å². The summed E-state index contributed by atoms with van der Waals surface area (Å²) in [6.45, 7) is 2.07. The number of benzene rings is 4. The van der Waals surface area contributed by atoms with Crippen molar-refractivity contribution in [3.63, 3.8) is 0 Å². The molecule has 1 atom stereocenters. The van der Waals surface area contributed by atoms with Crippen LogP contribution in [0, 0.1) is 0 Å². The fraction of sp³-hybridized carbons (Fsp3) is 0.115. The highest BCUT2D eigenvalue weighted by Crippen LogP contribution is 2.42. The third kappa shape index (κ3) is 3.15. The van der Waals surface area contributed by atoms with E-state index in [2.05, 4.69) is 77.0 Å². The van der Waals surface area contributed by atoms with Gasteiger partial charge in [-0.1, -0.05) is 85.4 Å². The Hall–Kier alpha value is -3.64. The second kappa shape index (κ2) is 7.80. The molecule has 0 saturated carbocycles. The van der Waals surface area contributed by atoms with Gasteiger partial charge >= 0.3 is 0 Å². The lowest BCUT2D eigenvalue weighted by atomic mass is 9.95. The number of para-hydroxylation sites is 1. The molecular weight excluding hydrogens is 416 g/mol. The van der Waals surface area contributed by atoms with Gasteiger partial charge in [-0.15, -0.1) is 10.2 Å². The predicted molar refractivity (Wildman–Crippen MR) is 130 cm³/mol. The van der Waals surface area contributed by atoms with Crippen LogP contribution in [0.15, 0.2) is 84.0 Å². The minimum absolute atomic E-state index is 0.440. The zero-order valence-corrected chi connectivity index (χ0v) is 18.3. The van der Waals surface area contributed by atoms with Crippen molar-refractivity contribution >= 4 is 39.0 Å². The molecule has 1 unspecified atom stereocenters. The first-order valence-electron chi connectivity index (χ1n) is 10.6. The number of rotatable bonds is 3. The molecule has 6 rings (SSSR count). The lowest BCUT2D eigenvalue weighted by Gasteiger charge is -2.23. The van der Waals surface area contributed by atoms with Gasteiger partial charge in [0.1, 0.15) is 0 Å². The van der Waals surface area contributed by atoms with Crippen LogP contribution in [-0.2, 0) is 0 Å². The van der Waals surface area contributed by atoms with Crippen molar-refractivity contribution in [3.05, 3.63) is 84.4 Å². The number of fused-ring (bicyclic) bond motifs is 5. The first kappa shape index (κ1) is 19.1. The molecule has 1 aliphatic heterocycles. The van der Waals surface area contributed by atoms with E-state index in [-0.39, 0.29) is 0 Å². The summed E-state index contributed by atoms with van der Waals surface area (Å²) < 4.78 is 6.59. The second-order valence-electron chi connectivity index (χ2n) is 7.60. The van der Waals surface area contributed by atoms with Crippen LogP contribution >= 0.6 is 11.8 Å². The maximum atomic E-state index is 6.59. The number of thioether (sulfide) groups is 1. The van der Waals surface area contributed by atoms with Crippen LogP contribution in [-0.4, -0.2) is 20.9 Å². The van der Waals surface area contributed by atoms with Crippen LogP contribution in [0.3, 0.4) is 0 Å². The molecule has 0 saturated heterocycles. The zero-order valence-electron chi connectivity index (χ0n) is 17.4. The smallest absolute Gasteiger partial charge is 0.247 e. The van der Waals surface area contributed by atoms with Gasteiger partial charge in [0.05, 0.1) is 0 Å². The van der Waals surface area contributed by atoms with Crippen LogP contribution in [0.25, 0.3) is 32.8 Å². The Balaban J connectivity index is 1.62. The molecule has 0 bridgehead atoms. The molecule has 2 heterocycles. The third-order valence-corrected chi connectivity index (χ3v) is 6.40. The summed E-state index contributed by atoms with van der Waals surface area (Å²) in [7, 11) is 0. The van der Waals surface area contributed by atoms with Gasteiger partial charge in [-0.2, -0.15) is 4.98 Å². The van der Waals surface area contributed by atoms with E-state index in [0.29, 0.717) is 16.7 Å². The Kier molecular flexibility index (Phi) is 4.65. The van der Waals surface area contributed by atoms with Gasteiger partial charge in [0.25, 0.3) is 0 Å². The van der Waals surface area contributed by atoms with E-state index in [1.807, 2.05) is 24.3 Å². The highest BCUT2D eigenvalue weighted by Gasteiger charge is 2.28. The Bertz CT molecular complexity index is 1420. The van der Waals surface area contributed by atoms with Crippen molar-refractivity contribution in [2.75, 3.05) is 11.1 Å². The van der Waals surface area contributed by atoms with Crippen LogP contribution in [0.1, 0.15) is 18.7 Å². The molecule has 5 nitrogen and oxygen atoms in total. The Labute approximate surface area is 189 Å². The van der Waals surface area contributed by atoms with Crippen molar-refractivity contribution in [1.82, 2.24) is 15.2 Å². The lowest BCUT2D eigenvalue weighted by molar-refractivity contribution is 0.228. The maximum Gasteiger partial charge on any atom is 0.247 e. The molecule has 0 fully saturated rings. The number of nitrogens with one attached hydrogen (secondary N) is 1. The molecule has 1 N–H and O–H groups in total. The number of nitrogens with zero attached hydrogens (tertiary/aromatic N) is 3. The normalized spacial score (nSPS) is 14.8. The van der Waals surface area contributed by atoms with Crippen molar-refractivity contribution in [2.45, 2.75) is 18.3 Å². The van der Waals surface area contributed by atoms with Crippen molar-refractivity contribution in [3.8, 4) is 17.1 Å². The van der Waals surface area contributed by atoms with Crippen LogP contribution < -0.4 is 10.1 Å². The molecule has 0 radical (unpaired) electrons. The summed E-state index contributed by atoms with van der Waals surface area (Å²) in [5, 5.41) is 17.7. The summed E-state index contributed by atoms with van der Waals surface area (Å²) in [5.74, 6) is 1.36. The fourth-order valence-electron chi connectivity index (χ4n) is 4.30. The van der Waals surface area contributed by atoms with Gasteiger partial charge < -0.3 is 10.1 Å². The fourth-order valence-corrected chi connectivity index (χ4v) is 4.80. The Morgan fingerprint density at radius 3 is 2.31 bits per heavy atom. The number of ether oxygens (including phenoxy) is 1. The molecule has 4 aromatic carbocycles. The first-order chi connectivity index (χ1) is 15.8. The van der Waals surface area contributed by atoms with Crippen molar-refractivity contribution < 1.29 is 4.74 Å². The first-order valence-corrected chi connectivity index (χ1v) is 11.6. The van der Waals surface area contributed by atoms with E-state index >= 15 is 0 Å². The van der Waals surface area contributed by atoms with Gasteiger partial charge in [-0.25, -0.2) is 0 Å². The molecule has 0 spiro atoms. The van der Waals surface area contributed by atoms with Gasteiger partial charge in [0.2, 0.25) is 11.0 Å². The zero-order chi connectivity index (χ0) is 21.5. The topological polar surface area (TPSA) is 59.9 Å². The van der Waals surface area contributed by atoms with E-state index in [0.717, 1.165) is 33.3 Å². The minimum atomic E-state index is -0.440. The van der Waals surface area contributed by atoms with E-state index in [1.165, 1.54) is 10.8 Å². The largest absolute Gasteiger partial charge is 0.448 e. The standard InChI is InChI=1S/C26H20N4OS/c1-2-32-26-28-25-23(29-30-26)20-13-7-8-14-21(20)27-24(31-25)22-18-11-5-3-9-16(18)15-17-10-4-6-12-19(17)22/h3-15,24,27H,2H2,1H3. The summed E-state index contributed by atoms with van der Waals surface area (Å²) in [4.78, 5) is 4.72. The molecule has 0 aliphatic carbocycles. The summed E-state index contributed by atoms with van der Waals surface area (Å²) in [6.07, 6.45) is -0.440. The quantitative estimate of drug-likeness (QED) is 0.259. The van der Waals surface area contributed by atoms with E-state index in [1.54, 1.807) is 11.8 Å². The lowest BCUT2D eigenvalue weighted by Crippen LogP contribution is -2.18. The maximum absolute atomic E-state index is 6.59. The van der Waals surface area contributed by atoms with Gasteiger partial charge in [-0.05, 0) is 39.4 Å². The van der Waals surface area contributed by atoms with E-state index in [4.69, 9.17) is 9.72 Å². The summed E-state index contributed by atoms with van der Waals surface area (Å²) in [6, 6.07) is 27.2. The average molecular weight is 437 g/mol. The molecular formula is C26H20N4OS. The summed E-state index contributed by atoms with van der Waals surface area (Å²) >= 11 is 1.55. The molecule has 5 aromatic rings. The molecule has 32 heavy (non-hydrogen) atoms. The minimum Gasteiger partial charge on any atom is -0.448 e. The van der Waals surface area contributed by atoms with Gasteiger partial charge in [0, 0.05) is 16.8 Å². The highest BCUT2D eigenvalue weighted by atomic mass is 32.2. The third-order valence-electron chi connectivity index (χ3n) is 5.68. The van der Waals surface area contributed by atoms with E-state index in [9.17, 15) is 0 Å². The Morgan fingerprint density at radius 2 is 1.56 bits per heavy atom. The summed E-state index contributed by atoms with van der Waals surface area (Å²) in [5.41, 5.74) is 3.62. The molecule has 1 aromatic heterocycles. The number of hydrogen-bond donors (Lipinski definition) is 1. The monoisotopic (exact) mass is 436 g/mol. The predicted octanol–water partition coefficient (Wildman–Crippen LogP) is 6.46. The molecule has 6 heteroatoms. The van der Waals surface area contributed by atoms with Crippen molar-refractivity contribution in [2.24, 2.45) is 0 Å². The van der Waals surface area contributed by atoms with Crippen molar-refractivity contribution in [1.29, 1.82) is 0 Å². The average Bonchev–Trinajstić information content (AvgIpc) is 2.99. The Morgan fingerprint density at radius 1 is 0.875 bits per heavy atom. The number of hydrogen-bond acceptors (Lipinski definition) is 6. The number of aromatic nitrogens is 3. The second-order valence-corrected chi connectivity index (χ2v) is 8.83. The van der Waals surface area contributed by atoms with E-state index < -0.39 is 6.23 Å². The highest BCUT2D eigenvalue weighted by molar-refractivity contribution is 7.99. The SMILES string of the molecule is CCSc1nnc2c(n1)OC(c1c3ccccc3cc3ccccc13)Nc1ccccc1-2. The van der Waals surface area contributed by atoms with Crippen LogP contribution in [0.5, 0.6) is 5.88 Å². The molecule has 0 amide bonds. The molecule has 156 valence electrons. The number of anilines is 1. The van der Waals surface area contributed by atoms with Crippen LogP contribution in [0.4, 0.5) is 5.69 Å². The van der Waals surface area contributed by atoms with Gasteiger partial charge in [0.15, 0.2) is 11.9 Å². The molecule has 1 aliphatic rings. The van der Waals surface area contributed by atoms with Crippen LogP contribution in [0.2, 0.25) is 0 Å².